The molecule has 2 unspecified atom stereocenters. The van der Waals surface area contributed by atoms with Crippen molar-refractivity contribution in [1.29, 1.82) is 0 Å². The van der Waals surface area contributed by atoms with Gasteiger partial charge >= 0.3 is 0 Å². The molecule has 2 aromatic rings. The van der Waals surface area contributed by atoms with Crippen LogP contribution in [-0.2, 0) is 17.7 Å². The first kappa shape index (κ1) is 21.5. The normalized spacial score (nSPS) is 24.1. The molecular formula is C25H29F2N3O2. The summed E-state index contributed by atoms with van der Waals surface area (Å²) in [4.78, 5) is 18.8. The molecule has 7 heteroatoms. The lowest BCUT2D eigenvalue weighted by atomic mass is 9.76. The molecule has 1 amide bonds. The van der Waals surface area contributed by atoms with E-state index in [2.05, 4.69) is 9.88 Å². The van der Waals surface area contributed by atoms with Crippen LogP contribution in [-0.4, -0.2) is 41.6 Å². The number of fused-ring (bicyclic) bond motifs is 1. The molecule has 5 nitrogen and oxygen atoms in total. The van der Waals surface area contributed by atoms with Gasteiger partial charge in [-0.1, -0.05) is 6.42 Å². The molecule has 3 aliphatic rings. The highest BCUT2D eigenvalue weighted by atomic mass is 19.1. The molecule has 0 radical (unpaired) electrons. The molecule has 5 rings (SSSR count). The summed E-state index contributed by atoms with van der Waals surface area (Å²) in [5.41, 5.74) is 8.16. The quantitative estimate of drug-likeness (QED) is 0.759. The Morgan fingerprint density at radius 3 is 2.75 bits per heavy atom. The van der Waals surface area contributed by atoms with Gasteiger partial charge < -0.3 is 10.5 Å². The predicted molar refractivity (Wildman–Crippen MR) is 117 cm³/mol. The summed E-state index contributed by atoms with van der Waals surface area (Å²) >= 11 is 0. The molecule has 2 aliphatic heterocycles. The Morgan fingerprint density at radius 2 is 2.03 bits per heavy atom. The van der Waals surface area contributed by atoms with Crippen LogP contribution in [0, 0.1) is 23.5 Å². The van der Waals surface area contributed by atoms with Crippen LogP contribution in [0.2, 0.25) is 0 Å². The monoisotopic (exact) mass is 441 g/mol. The smallest absolute Gasteiger partial charge is 0.267 e. The van der Waals surface area contributed by atoms with E-state index in [0.29, 0.717) is 30.6 Å². The third-order valence-corrected chi connectivity index (χ3v) is 7.35. The standard InChI is InChI=1S/C25H29F2N3O2/c26-17-4-5-18(21(27)11-17)20-12-22(25(28)31)29-23-14-30(8-6-19(20)23)13-15-7-9-32-24(10-15)16-2-1-3-16/h4-5,11-12,15-16,24H,1-3,6-10,13-14H2,(H2,28,31). The molecule has 32 heavy (non-hydrogen) atoms. The highest BCUT2D eigenvalue weighted by Crippen LogP contribution is 2.38. The number of halogens is 2. The van der Waals surface area contributed by atoms with Crippen molar-refractivity contribution in [3.63, 3.8) is 0 Å². The van der Waals surface area contributed by atoms with Crippen molar-refractivity contribution in [3.8, 4) is 11.1 Å². The number of nitrogens with two attached hydrogens (primary N) is 1. The number of pyridine rings is 1. The zero-order valence-corrected chi connectivity index (χ0v) is 18.2. The van der Waals surface area contributed by atoms with Crippen molar-refractivity contribution in [2.24, 2.45) is 17.6 Å². The maximum atomic E-state index is 14.6. The molecule has 0 bridgehead atoms. The van der Waals surface area contributed by atoms with E-state index in [1.807, 2.05) is 0 Å². The van der Waals surface area contributed by atoms with Crippen LogP contribution in [0.5, 0.6) is 0 Å². The van der Waals surface area contributed by atoms with Crippen molar-refractivity contribution in [2.45, 2.75) is 51.2 Å². The van der Waals surface area contributed by atoms with Crippen molar-refractivity contribution in [1.82, 2.24) is 9.88 Å². The second kappa shape index (κ2) is 8.87. The minimum absolute atomic E-state index is 0.112. The van der Waals surface area contributed by atoms with Crippen LogP contribution in [0.15, 0.2) is 24.3 Å². The van der Waals surface area contributed by atoms with Gasteiger partial charge in [0.15, 0.2) is 0 Å². The summed E-state index contributed by atoms with van der Waals surface area (Å²) in [5.74, 6) is -0.619. The minimum atomic E-state index is -0.652. The van der Waals surface area contributed by atoms with Crippen LogP contribution in [0.3, 0.4) is 0 Å². The van der Waals surface area contributed by atoms with Gasteiger partial charge in [-0.15, -0.1) is 0 Å². The number of rotatable bonds is 5. The Hall–Kier alpha value is -2.38. The predicted octanol–water partition coefficient (Wildman–Crippen LogP) is 4.08. The molecule has 1 aromatic carbocycles. The van der Waals surface area contributed by atoms with Crippen LogP contribution in [0.1, 0.15) is 53.8 Å². The van der Waals surface area contributed by atoms with Gasteiger partial charge in [-0.05, 0) is 73.3 Å². The first-order valence-corrected chi connectivity index (χ1v) is 11.6. The van der Waals surface area contributed by atoms with Crippen LogP contribution in [0.4, 0.5) is 8.78 Å². The van der Waals surface area contributed by atoms with Crippen molar-refractivity contribution >= 4 is 5.91 Å². The number of primary amides is 1. The summed E-state index contributed by atoms with van der Waals surface area (Å²) in [7, 11) is 0. The van der Waals surface area contributed by atoms with Crippen LogP contribution in [0.25, 0.3) is 11.1 Å². The number of hydrogen-bond donors (Lipinski definition) is 1. The number of ether oxygens (including phenoxy) is 1. The molecule has 1 saturated heterocycles. The van der Waals surface area contributed by atoms with Gasteiger partial charge in [0.25, 0.3) is 5.91 Å². The Balaban J connectivity index is 1.37. The fourth-order valence-corrected chi connectivity index (χ4v) is 5.40. The largest absolute Gasteiger partial charge is 0.378 e. The fourth-order valence-electron chi connectivity index (χ4n) is 5.40. The van der Waals surface area contributed by atoms with Crippen molar-refractivity contribution in [2.75, 3.05) is 19.7 Å². The summed E-state index contributed by atoms with van der Waals surface area (Å²) in [6, 6.07) is 5.05. The van der Waals surface area contributed by atoms with Crippen molar-refractivity contribution in [3.05, 3.63) is 52.9 Å². The molecule has 2 atom stereocenters. The lowest BCUT2D eigenvalue weighted by molar-refractivity contribution is -0.0663. The number of nitrogens with zero attached hydrogens (tertiary/aromatic N) is 2. The van der Waals surface area contributed by atoms with E-state index in [-0.39, 0.29) is 11.3 Å². The average molecular weight is 442 g/mol. The zero-order valence-electron chi connectivity index (χ0n) is 18.2. The van der Waals surface area contributed by atoms with Gasteiger partial charge in [0.1, 0.15) is 17.3 Å². The molecule has 170 valence electrons. The molecule has 3 heterocycles. The average Bonchev–Trinajstić information content (AvgIpc) is 2.72. The van der Waals surface area contributed by atoms with Crippen LogP contribution < -0.4 is 5.73 Å². The highest BCUT2D eigenvalue weighted by Gasteiger charge is 2.34. The van der Waals surface area contributed by atoms with E-state index in [4.69, 9.17) is 10.5 Å². The first-order valence-electron chi connectivity index (χ1n) is 11.6. The van der Waals surface area contributed by atoms with Gasteiger partial charge in [-0.25, -0.2) is 13.8 Å². The van der Waals surface area contributed by atoms with Gasteiger partial charge in [0.05, 0.1) is 11.8 Å². The maximum Gasteiger partial charge on any atom is 0.267 e. The first-order chi connectivity index (χ1) is 15.5. The number of aromatic nitrogens is 1. The van der Waals surface area contributed by atoms with Crippen molar-refractivity contribution < 1.29 is 18.3 Å². The minimum Gasteiger partial charge on any atom is -0.378 e. The third-order valence-electron chi connectivity index (χ3n) is 7.35. The second-order valence-corrected chi connectivity index (χ2v) is 9.44. The number of hydrogen-bond acceptors (Lipinski definition) is 4. The lowest BCUT2D eigenvalue weighted by Gasteiger charge is -2.40. The topological polar surface area (TPSA) is 68.5 Å². The lowest BCUT2D eigenvalue weighted by Crippen LogP contribution is -2.41. The zero-order chi connectivity index (χ0) is 22.2. The summed E-state index contributed by atoms with van der Waals surface area (Å²) in [6.07, 6.45) is 7.16. The number of benzene rings is 1. The van der Waals surface area contributed by atoms with Crippen LogP contribution >= 0.6 is 0 Å². The fraction of sp³-hybridized carbons (Fsp3) is 0.520. The Kier molecular flexibility index (Phi) is 5.95. The summed E-state index contributed by atoms with van der Waals surface area (Å²) < 4.78 is 34.0. The van der Waals surface area contributed by atoms with E-state index in [0.717, 1.165) is 55.8 Å². The summed E-state index contributed by atoms with van der Waals surface area (Å²) in [6.45, 7) is 3.23. The number of carbonyl (C=O) groups excluding carboxylic acids is 1. The molecule has 2 fully saturated rings. The highest BCUT2D eigenvalue weighted by molar-refractivity contribution is 5.92. The summed E-state index contributed by atoms with van der Waals surface area (Å²) in [5, 5.41) is 0. The number of carbonyl (C=O) groups is 1. The maximum absolute atomic E-state index is 14.6. The van der Waals surface area contributed by atoms with E-state index in [1.54, 1.807) is 0 Å². The molecular weight excluding hydrogens is 412 g/mol. The van der Waals surface area contributed by atoms with Gasteiger partial charge in [0, 0.05) is 37.9 Å². The van der Waals surface area contributed by atoms with E-state index in [9.17, 15) is 13.6 Å². The molecule has 1 aromatic heterocycles. The van der Waals surface area contributed by atoms with Gasteiger partial charge in [0.2, 0.25) is 0 Å². The molecule has 2 N–H and O–H groups in total. The Morgan fingerprint density at radius 1 is 1.19 bits per heavy atom. The van der Waals surface area contributed by atoms with E-state index in [1.165, 1.54) is 37.5 Å². The van der Waals surface area contributed by atoms with Gasteiger partial charge in [-0.2, -0.15) is 0 Å². The SMILES string of the molecule is NC(=O)c1cc(-c2ccc(F)cc2F)c2c(n1)CN(CC1CCOC(C3CCC3)C1)CC2. The molecule has 0 spiro atoms. The Labute approximate surface area is 187 Å². The Bertz CT molecular complexity index is 1020. The molecule has 1 saturated carbocycles. The third kappa shape index (κ3) is 4.28. The van der Waals surface area contributed by atoms with E-state index < -0.39 is 17.5 Å². The van der Waals surface area contributed by atoms with E-state index >= 15 is 0 Å². The van der Waals surface area contributed by atoms with Gasteiger partial charge in [-0.3, -0.25) is 9.69 Å². The number of amides is 1. The molecule has 1 aliphatic carbocycles. The second-order valence-electron chi connectivity index (χ2n) is 9.44.